The first-order valence-corrected chi connectivity index (χ1v) is 18.3. The minimum Gasteiger partial charge on any atom is -0.465 e. The fourth-order valence-corrected chi connectivity index (χ4v) is 6.97. The molecule has 0 radical (unpaired) electrons. The topological polar surface area (TPSA) is 125 Å². The maximum atomic E-state index is 13.5. The molecule has 9 nitrogen and oxygen atoms in total. The van der Waals surface area contributed by atoms with Gasteiger partial charge in [0.15, 0.2) is 8.32 Å². The van der Waals surface area contributed by atoms with Crippen molar-refractivity contribution in [3.05, 3.63) is 59.2 Å². The van der Waals surface area contributed by atoms with E-state index in [-0.39, 0.29) is 17.4 Å². The number of carboxylic acid groups (broad SMARTS) is 1. The number of rotatable bonds is 9. The van der Waals surface area contributed by atoms with E-state index in [9.17, 15) is 27.9 Å². The highest BCUT2D eigenvalue weighted by atomic mass is 32.1. The first kappa shape index (κ1) is 34.4. The third-order valence-electron chi connectivity index (χ3n) is 8.38. The summed E-state index contributed by atoms with van der Waals surface area (Å²) in [4.78, 5) is 24.1. The summed E-state index contributed by atoms with van der Waals surface area (Å²) in [5.41, 5.74) is 1.42. The predicted molar refractivity (Wildman–Crippen MR) is 172 cm³/mol. The fraction of sp³-hybridized carbons (Fsp3) is 0.484. The van der Waals surface area contributed by atoms with E-state index < -0.39 is 49.8 Å². The molecule has 0 saturated carbocycles. The molecule has 2 aromatic carbocycles. The number of amides is 2. The van der Waals surface area contributed by atoms with Crippen LogP contribution in [0.4, 0.5) is 28.8 Å². The maximum Gasteiger partial charge on any atom is 0.416 e. The van der Waals surface area contributed by atoms with Gasteiger partial charge in [-0.1, -0.05) is 65.0 Å². The molecule has 45 heavy (non-hydrogen) atoms. The summed E-state index contributed by atoms with van der Waals surface area (Å²) >= 11 is 1.27. The Morgan fingerprint density at radius 2 is 1.69 bits per heavy atom. The van der Waals surface area contributed by atoms with Gasteiger partial charge in [-0.25, -0.2) is 4.79 Å². The van der Waals surface area contributed by atoms with Gasteiger partial charge in [-0.15, -0.1) is 10.2 Å². The first-order chi connectivity index (χ1) is 20.7. The molecule has 0 aliphatic carbocycles. The molecule has 3 aromatic rings. The molecule has 2 heterocycles. The van der Waals surface area contributed by atoms with Crippen molar-refractivity contribution in [1.82, 2.24) is 15.5 Å². The van der Waals surface area contributed by atoms with Gasteiger partial charge in [-0.2, -0.15) is 13.2 Å². The van der Waals surface area contributed by atoms with Gasteiger partial charge in [-0.3, -0.25) is 4.79 Å². The highest BCUT2D eigenvalue weighted by Gasteiger charge is 2.46. The number of benzene rings is 2. The molecule has 1 aliphatic heterocycles. The number of hydrogen-bond donors (Lipinski definition) is 4. The summed E-state index contributed by atoms with van der Waals surface area (Å²) in [5, 5.41) is 28.3. The lowest BCUT2D eigenvalue weighted by atomic mass is 9.79. The van der Waals surface area contributed by atoms with Crippen LogP contribution in [0.15, 0.2) is 42.5 Å². The summed E-state index contributed by atoms with van der Waals surface area (Å²) in [7, 11) is -2.60. The Balaban J connectivity index is 1.75. The lowest BCUT2D eigenvalue weighted by Gasteiger charge is -2.46. The van der Waals surface area contributed by atoms with Crippen molar-refractivity contribution in [1.29, 1.82) is 0 Å². The number of aromatic nitrogens is 2. The molecular formula is C31H40F3N5O4SSi. The van der Waals surface area contributed by atoms with E-state index in [0.717, 1.165) is 28.9 Å². The number of fused-ring (bicyclic) bond motifs is 1. The summed E-state index contributed by atoms with van der Waals surface area (Å²) in [6.45, 7) is 15.9. The zero-order valence-corrected chi connectivity index (χ0v) is 28.4. The minimum absolute atomic E-state index is 0.0747. The van der Waals surface area contributed by atoms with E-state index in [4.69, 9.17) is 4.43 Å². The quantitative estimate of drug-likeness (QED) is 0.171. The summed E-state index contributed by atoms with van der Waals surface area (Å²) in [6, 6.07) is 8.66. The van der Waals surface area contributed by atoms with Gasteiger partial charge < -0.3 is 25.5 Å². The fourth-order valence-electron chi connectivity index (χ4n) is 4.92. The van der Waals surface area contributed by atoms with Crippen LogP contribution in [0.1, 0.15) is 64.3 Å². The van der Waals surface area contributed by atoms with Gasteiger partial charge in [0, 0.05) is 11.3 Å². The van der Waals surface area contributed by atoms with Gasteiger partial charge in [0.2, 0.25) is 11.0 Å². The summed E-state index contributed by atoms with van der Waals surface area (Å²) in [6.07, 6.45) is -6.48. The van der Waals surface area contributed by atoms with Crippen molar-refractivity contribution < 1.29 is 32.3 Å². The van der Waals surface area contributed by atoms with E-state index >= 15 is 0 Å². The van der Waals surface area contributed by atoms with Crippen LogP contribution in [0.2, 0.25) is 18.1 Å². The van der Waals surface area contributed by atoms with Crippen LogP contribution in [-0.2, 0) is 21.8 Å². The zero-order valence-electron chi connectivity index (χ0n) is 26.6. The number of nitrogens with zero attached hydrogens (tertiary/aromatic N) is 2. The Morgan fingerprint density at radius 3 is 2.24 bits per heavy atom. The van der Waals surface area contributed by atoms with Crippen molar-refractivity contribution in [3.63, 3.8) is 0 Å². The molecular weight excluding hydrogens is 624 g/mol. The standard InChI is InChI=1S/C31H40F3N5O4SSi/c1-29(2,3)25(37-27-39-38-26(44-27)18-11-14-21-19(15-18)16-22(40)35-21)23(36-28(41)42)24(43-45(7,8)30(4,5)6)17-9-12-20(13-10-17)31(32,33)34/h9-15,23-25,36H,16H2,1-8H3,(H,35,40)(H,37,39)(H,41,42)/t23-,24+,25?/m0/s1. The van der Waals surface area contributed by atoms with E-state index in [1.165, 1.54) is 23.5 Å². The van der Waals surface area contributed by atoms with Crippen molar-refractivity contribution in [3.8, 4) is 10.6 Å². The van der Waals surface area contributed by atoms with Crippen molar-refractivity contribution in [2.45, 2.75) is 90.5 Å². The largest absolute Gasteiger partial charge is 0.465 e. The molecule has 4 N–H and O–H groups in total. The lowest BCUT2D eigenvalue weighted by molar-refractivity contribution is -0.137. The summed E-state index contributed by atoms with van der Waals surface area (Å²) in [5.74, 6) is -0.0747. The molecule has 1 aliphatic rings. The summed E-state index contributed by atoms with van der Waals surface area (Å²) < 4.78 is 47.2. The van der Waals surface area contributed by atoms with Crippen LogP contribution in [0.3, 0.4) is 0 Å². The normalized spacial score (nSPS) is 16.0. The van der Waals surface area contributed by atoms with Gasteiger partial charge in [0.05, 0.1) is 30.2 Å². The second-order valence-corrected chi connectivity index (χ2v) is 19.6. The molecule has 0 saturated heterocycles. The number of nitrogens with one attached hydrogen (secondary N) is 3. The molecule has 0 spiro atoms. The van der Waals surface area contributed by atoms with Gasteiger partial charge in [0.1, 0.15) is 5.01 Å². The smallest absolute Gasteiger partial charge is 0.416 e. The third kappa shape index (κ3) is 8.03. The van der Waals surface area contributed by atoms with Crippen molar-refractivity contribution >= 4 is 42.5 Å². The molecule has 4 rings (SSSR count). The average Bonchev–Trinajstić information content (AvgIpc) is 3.52. The Hall–Kier alpha value is -3.49. The SMILES string of the molecule is CC(C)(C)C(Nc1nnc(-c2ccc3c(c2)CC(=O)N3)s1)[C@@H](NC(=O)O)[C@H](O[Si](C)(C)C(C)(C)C)c1ccc(C(F)(F)F)cc1. The zero-order chi connectivity index (χ0) is 33.5. The molecule has 3 atom stereocenters. The van der Waals surface area contributed by atoms with Crippen LogP contribution in [0, 0.1) is 5.41 Å². The number of hydrogen-bond acceptors (Lipinski definition) is 7. The number of carbonyl (C=O) groups excluding carboxylic acids is 1. The molecule has 14 heteroatoms. The first-order valence-electron chi connectivity index (χ1n) is 14.5. The minimum atomic E-state index is -4.52. The maximum absolute atomic E-state index is 13.5. The van der Waals surface area contributed by atoms with Gasteiger partial charge in [0.25, 0.3) is 0 Å². The Kier molecular flexibility index (Phi) is 9.45. The lowest BCUT2D eigenvalue weighted by Crippen LogP contribution is -2.57. The number of halogens is 3. The highest BCUT2D eigenvalue weighted by Crippen LogP contribution is 2.43. The Bertz CT molecular complexity index is 1550. The molecule has 244 valence electrons. The molecule has 1 aromatic heterocycles. The van der Waals surface area contributed by atoms with E-state index in [1.54, 1.807) is 0 Å². The van der Waals surface area contributed by atoms with E-state index in [1.807, 2.05) is 72.8 Å². The van der Waals surface area contributed by atoms with E-state index in [2.05, 4.69) is 26.1 Å². The number of carbonyl (C=O) groups is 2. The van der Waals surface area contributed by atoms with Crippen LogP contribution < -0.4 is 16.0 Å². The van der Waals surface area contributed by atoms with Crippen molar-refractivity contribution in [2.75, 3.05) is 10.6 Å². The van der Waals surface area contributed by atoms with Gasteiger partial charge >= 0.3 is 12.3 Å². The van der Waals surface area contributed by atoms with Crippen LogP contribution in [-0.4, -0.2) is 47.7 Å². The van der Waals surface area contributed by atoms with Crippen LogP contribution in [0.5, 0.6) is 0 Å². The molecule has 2 amide bonds. The molecule has 1 unspecified atom stereocenters. The van der Waals surface area contributed by atoms with Gasteiger partial charge in [-0.05, 0) is 65.0 Å². The average molecular weight is 664 g/mol. The van der Waals surface area contributed by atoms with Crippen LogP contribution >= 0.6 is 11.3 Å². The highest BCUT2D eigenvalue weighted by molar-refractivity contribution is 7.18. The van der Waals surface area contributed by atoms with E-state index in [0.29, 0.717) is 15.7 Å². The van der Waals surface area contributed by atoms with Crippen molar-refractivity contribution in [2.24, 2.45) is 5.41 Å². The Morgan fingerprint density at radius 1 is 1.04 bits per heavy atom. The Labute approximate surface area is 266 Å². The monoisotopic (exact) mass is 663 g/mol. The molecule has 0 bridgehead atoms. The molecule has 0 fully saturated rings. The number of anilines is 2. The third-order valence-corrected chi connectivity index (χ3v) is 13.7. The second kappa shape index (κ2) is 12.4. The number of alkyl halides is 3. The second-order valence-electron chi connectivity index (χ2n) is 13.9. The van der Waals surface area contributed by atoms with Crippen LogP contribution in [0.25, 0.3) is 10.6 Å². The predicted octanol–water partition coefficient (Wildman–Crippen LogP) is 7.94.